The number of amides is 2. The Labute approximate surface area is 161 Å². The molecule has 7 heteroatoms. The number of aryl methyl sites for hydroxylation is 1. The monoisotopic (exact) mass is 375 g/mol. The molecule has 27 heavy (non-hydrogen) atoms. The average molecular weight is 376 g/mol. The molecule has 1 unspecified atom stereocenters. The molecule has 1 aromatic rings. The summed E-state index contributed by atoms with van der Waals surface area (Å²) in [6.45, 7) is 3.38. The van der Waals surface area contributed by atoms with Gasteiger partial charge in [-0.1, -0.05) is 6.42 Å². The lowest BCUT2D eigenvalue weighted by Crippen LogP contribution is -2.49. The first-order valence-corrected chi connectivity index (χ1v) is 10.4. The summed E-state index contributed by atoms with van der Waals surface area (Å²) in [4.78, 5) is 28.9. The van der Waals surface area contributed by atoms with Crippen molar-refractivity contribution in [3.8, 4) is 0 Å². The molecular formula is C20H33N5O2. The number of piperidine rings is 2. The summed E-state index contributed by atoms with van der Waals surface area (Å²) in [5, 5.41) is 9.88. The normalized spacial score (nSPS) is 22.0. The molecule has 0 radical (unpaired) electrons. The number of hydrogen-bond acceptors (Lipinski definition) is 4. The number of nitrogens with one attached hydrogen (secondary N) is 2. The summed E-state index contributed by atoms with van der Waals surface area (Å²) in [5.41, 5.74) is 1.15. The minimum atomic E-state index is 0.0376. The molecule has 150 valence electrons. The van der Waals surface area contributed by atoms with Crippen LogP contribution in [0, 0.1) is 5.92 Å². The van der Waals surface area contributed by atoms with Crippen molar-refractivity contribution >= 4 is 11.8 Å². The highest BCUT2D eigenvalue weighted by atomic mass is 16.2. The van der Waals surface area contributed by atoms with Gasteiger partial charge in [-0.05, 0) is 63.6 Å². The van der Waals surface area contributed by atoms with Crippen LogP contribution in [0.1, 0.15) is 50.5 Å². The Hall–Kier alpha value is -1.89. The first-order chi connectivity index (χ1) is 13.1. The van der Waals surface area contributed by atoms with Crippen LogP contribution in [0.25, 0.3) is 0 Å². The molecule has 0 spiro atoms. The maximum atomic E-state index is 12.4. The first kappa shape index (κ1) is 19.9. The number of aromatic amines is 1. The second-order valence-corrected chi connectivity index (χ2v) is 8.02. The highest BCUT2D eigenvalue weighted by Gasteiger charge is 2.27. The van der Waals surface area contributed by atoms with Gasteiger partial charge in [0.25, 0.3) is 0 Å². The Morgan fingerprint density at radius 1 is 1.22 bits per heavy atom. The molecule has 0 aliphatic carbocycles. The Morgan fingerprint density at radius 3 is 2.74 bits per heavy atom. The molecule has 2 N–H and O–H groups in total. The molecular weight excluding hydrogens is 342 g/mol. The lowest BCUT2D eigenvalue weighted by atomic mass is 9.95. The number of rotatable bonds is 7. The zero-order chi connectivity index (χ0) is 19.1. The predicted octanol–water partition coefficient (Wildman–Crippen LogP) is 1.57. The number of H-pyrrole nitrogens is 1. The molecule has 2 amide bonds. The molecule has 0 saturated carbocycles. The van der Waals surface area contributed by atoms with Gasteiger partial charge < -0.3 is 10.2 Å². The van der Waals surface area contributed by atoms with Crippen molar-refractivity contribution in [3.05, 3.63) is 18.0 Å². The first-order valence-electron chi connectivity index (χ1n) is 10.4. The van der Waals surface area contributed by atoms with E-state index in [0.717, 1.165) is 70.3 Å². The number of aromatic nitrogens is 2. The average Bonchev–Trinajstić information content (AvgIpc) is 3.20. The molecule has 2 saturated heterocycles. The van der Waals surface area contributed by atoms with Gasteiger partial charge in [0.1, 0.15) is 0 Å². The third kappa shape index (κ3) is 5.79. The third-order valence-electron chi connectivity index (χ3n) is 6.02. The smallest absolute Gasteiger partial charge is 0.237 e. The topological polar surface area (TPSA) is 81.3 Å². The van der Waals surface area contributed by atoms with Crippen molar-refractivity contribution in [1.29, 1.82) is 0 Å². The molecule has 1 atom stereocenters. The van der Waals surface area contributed by atoms with Gasteiger partial charge in [0.05, 0.1) is 12.2 Å². The fraction of sp³-hybridized carbons (Fsp3) is 0.750. The van der Waals surface area contributed by atoms with Gasteiger partial charge in [-0.15, -0.1) is 0 Å². The molecule has 1 aromatic heterocycles. The van der Waals surface area contributed by atoms with Gasteiger partial charge >= 0.3 is 0 Å². The van der Waals surface area contributed by atoms with Gasteiger partial charge in [0, 0.05) is 32.3 Å². The van der Waals surface area contributed by atoms with E-state index in [9.17, 15) is 9.59 Å². The summed E-state index contributed by atoms with van der Waals surface area (Å²) < 4.78 is 0. The van der Waals surface area contributed by atoms with E-state index < -0.39 is 0 Å². The van der Waals surface area contributed by atoms with Crippen LogP contribution in [0.15, 0.2) is 12.4 Å². The Balaban J connectivity index is 1.31. The van der Waals surface area contributed by atoms with E-state index in [-0.39, 0.29) is 17.9 Å². The second-order valence-electron chi connectivity index (χ2n) is 8.02. The highest BCUT2D eigenvalue weighted by Crippen LogP contribution is 2.19. The van der Waals surface area contributed by atoms with Crippen molar-refractivity contribution in [2.75, 3.05) is 33.2 Å². The van der Waals surface area contributed by atoms with Gasteiger partial charge in [-0.3, -0.25) is 19.6 Å². The lowest BCUT2D eigenvalue weighted by molar-refractivity contribution is -0.133. The van der Waals surface area contributed by atoms with Gasteiger partial charge in [0.15, 0.2) is 0 Å². The molecule has 2 aliphatic rings. The minimum absolute atomic E-state index is 0.0376. The third-order valence-corrected chi connectivity index (χ3v) is 6.02. The standard InChI is InChI=1S/C20H33N5O2/c1-24-10-3-2-6-18(24)20(27)21-13-16-8-11-25(12-9-16)19(26)7-4-5-17-14-22-23-15-17/h14-16,18H,2-13H2,1H3,(H,21,27)(H,22,23). The number of nitrogens with zero attached hydrogens (tertiary/aromatic N) is 3. The Kier molecular flexibility index (Phi) is 7.26. The van der Waals surface area contributed by atoms with E-state index in [0.29, 0.717) is 12.3 Å². The number of likely N-dealkylation sites (N-methyl/N-ethyl adjacent to an activating group) is 1. The van der Waals surface area contributed by atoms with E-state index in [4.69, 9.17) is 0 Å². The van der Waals surface area contributed by atoms with Crippen molar-refractivity contribution in [2.24, 2.45) is 5.92 Å². The maximum Gasteiger partial charge on any atom is 0.237 e. The van der Waals surface area contributed by atoms with E-state index in [1.54, 1.807) is 0 Å². The number of hydrogen-bond donors (Lipinski definition) is 2. The van der Waals surface area contributed by atoms with Gasteiger partial charge in [0.2, 0.25) is 11.8 Å². The molecule has 0 bridgehead atoms. The summed E-state index contributed by atoms with van der Waals surface area (Å²) in [7, 11) is 2.04. The summed E-state index contributed by atoms with van der Waals surface area (Å²) in [6, 6.07) is 0.0376. The second kappa shape index (κ2) is 9.88. The molecule has 3 rings (SSSR count). The number of carbonyl (C=O) groups excluding carboxylic acids is 2. The van der Waals surface area contributed by atoms with E-state index in [1.807, 2.05) is 24.3 Å². The SMILES string of the molecule is CN1CCCCC1C(=O)NCC1CCN(C(=O)CCCc2cn[nH]c2)CC1. The van der Waals surface area contributed by atoms with Crippen molar-refractivity contribution < 1.29 is 9.59 Å². The zero-order valence-electron chi connectivity index (χ0n) is 16.5. The Morgan fingerprint density at radius 2 is 2.04 bits per heavy atom. The van der Waals surface area contributed by atoms with Crippen LogP contribution in [0.4, 0.5) is 0 Å². The number of likely N-dealkylation sites (tertiary alicyclic amines) is 2. The summed E-state index contributed by atoms with van der Waals surface area (Å²) >= 11 is 0. The van der Waals surface area contributed by atoms with Crippen LogP contribution in [0.2, 0.25) is 0 Å². The van der Waals surface area contributed by atoms with Crippen molar-refractivity contribution in [2.45, 2.75) is 57.4 Å². The highest BCUT2D eigenvalue weighted by molar-refractivity contribution is 5.81. The van der Waals surface area contributed by atoms with Crippen LogP contribution in [0.5, 0.6) is 0 Å². The van der Waals surface area contributed by atoms with E-state index >= 15 is 0 Å². The summed E-state index contributed by atoms with van der Waals surface area (Å²) in [6.07, 6.45) is 11.3. The number of carbonyl (C=O) groups is 2. The quantitative estimate of drug-likeness (QED) is 0.758. The summed E-state index contributed by atoms with van der Waals surface area (Å²) in [5.74, 6) is 0.914. The van der Waals surface area contributed by atoms with Crippen molar-refractivity contribution in [1.82, 2.24) is 25.3 Å². The predicted molar refractivity (Wildman–Crippen MR) is 104 cm³/mol. The fourth-order valence-corrected chi connectivity index (χ4v) is 4.17. The van der Waals surface area contributed by atoms with Crippen LogP contribution < -0.4 is 5.32 Å². The Bertz CT molecular complexity index is 596. The van der Waals surface area contributed by atoms with Gasteiger partial charge in [-0.25, -0.2) is 0 Å². The molecule has 0 aromatic carbocycles. The largest absolute Gasteiger partial charge is 0.354 e. The molecule has 2 fully saturated rings. The van der Waals surface area contributed by atoms with E-state index in [2.05, 4.69) is 20.4 Å². The zero-order valence-corrected chi connectivity index (χ0v) is 16.5. The van der Waals surface area contributed by atoms with Crippen LogP contribution in [-0.4, -0.2) is 71.1 Å². The maximum absolute atomic E-state index is 12.4. The van der Waals surface area contributed by atoms with Crippen LogP contribution >= 0.6 is 0 Å². The molecule has 3 heterocycles. The molecule has 2 aliphatic heterocycles. The van der Waals surface area contributed by atoms with Crippen molar-refractivity contribution in [3.63, 3.8) is 0 Å². The van der Waals surface area contributed by atoms with Gasteiger partial charge in [-0.2, -0.15) is 5.10 Å². The van der Waals surface area contributed by atoms with Crippen LogP contribution in [0.3, 0.4) is 0 Å². The van der Waals surface area contributed by atoms with E-state index in [1.165, 1.54) is 6.42 Å². The minimum Gasteiger partial charge on any atom is -0.354 e. The molecule has 7 nitrogen and oxygen atoms in total. The lowest BCUT2D eigenvalue weighted by Gasteiger charge is -2.34. The fourth-order valence-electron chi connectivity index (χ4n) is 4.17. The van der Waals surface area contributed by atoms with Crippen LogP contribution in [-0.2, 0) is 16.0 Å².